The number of carbonyl (C=O) groups is 1. The number of fused-ring (bicyclic) bond motifs is 1. The van der Waals surface area contributed by atoms with E-state index in [1.807, 2.05) is 48.0 Å². The number of hydrogen-bond donors (Lipinski definition) is 0. The van der Waals surface area contributed by atoms with E-state index < -0.39 is 0 Å². The molecule has 1 unspecified atom stereocenters. The fourth-order valence-corrected chi connectivity index (χ4v) is 4.49. The van der Waals surface area contributed by atoms with Gasteiger partial charge in [0.1, 0.15) is 11.5 Å². The Morgan fingerprint density at radius 1 is 1.35 bits per heavy atom. The third-order valence-electron chi connectivity index (χ3n) is 5.94. The van der Waals surface area contributed by atoms with Crippen LogP contribution in [0, 0.1) is 31.6 Å². The van der Waals surface area contributed by atoms with E-state index in [0.717, 1.165) is 62.1 Å². The van der Waals surface area contributed by atoms with Crippen LogP contribution in [-0.2, 0) is 6.54 Å². The van der Waals surface area contributed by atoms with E-state index in [9.17, 15) is 4.79 Å². The van der Waals surface area contributed by atoms with Gasteiger partial charge >= 0.3 is 0 Å². The van der Waals surface area contributed by atoms with Crippen LogP contribution >= 0.6 is 0 Å². The van der Waals surface area contributed by atoms with Gasteiger partial charge in [0.2, 0.25) is 0 Å². The molecule has 2 aliphatic rings. The lowest BCUT2D eigenvalue weighted by Gasteiger charge is -2.22. The van der Waals surface area contributed by atoms with Crippen LogP contribution < -0.4 is 0 Å². The van der Waals surface area contributed by atoms with Crippen LogP contribution in [0.5, 0.6) is 0 Å². The van der Waals surface area contributed by atoms with Crippen LogP contribution in [0.2, 0.25) is 0 Å². The number of amides is 1. The van der Waals surface area contributed by atoms with Crippen LogP contribution in [-0.4, -0.2) is 58.7 Å². The van der Waals surface area contributed by atoms with Gasteiger partial charge in [-0.3, -0.25) is 9.48 Å². The quantitative estimate of drug-likeness (QED) is 0.765. The average molecular weight is 356 g/mol. The van der Waals surface area contributed by atoms with Gasteiger partial charge in [-0.25, -0.2) is 0 Å². The smallest absolute Gasteiger partial charge is 0.257 e. The molecule has 26 heavy (non-hydrogen) atoms. The Morgan fingerprint density at radius 2 is 2.12 bits per heavy atom. The molecule has 2 aromatic rings. The van der Waals surface area contributed by atoms with E-state index >= 15 is 0 Å². The Morgan fingerprint density at radius 3 is 2.73 bits per heavy atom. The molecule has 1 aliphatic carbocycles. The molecule has 4 rings (SSSR count). The van der Waals surface area contributed by atoms with Crippen LogP contribution in [0.1, 0.15) is 28.3 Å². The summed E-state index contributed by atoms with van der Waals surface area (Å²) in [5.41, 5.74) is 0.732. The van der Waals surface area contributed by atoms with Gasteiger partial charge in [-0.15, -0.1) is 0 Å². The van der Waals surface area contributed by atoms with Crippen molar-refractivity contribution in [1.29, 1.82) is 0 Å². The molecule has 2 fully saturated rings. The number of furan rings is 1. The molecule has 1 saturated carbocycles. The number of aryl methyl sites for hydroxylation is 3. The van der Waals surface area contributed by atoms with Crippen molar-refractivity contribution in [2.24, 2.45) is 17.8 Å². The van der Waals surface area contributed by atoms with E-state index in [0.29, 0.717) is 11.8 Å². The maximum atomic E-state index is 12.7. The second-order valence-electron chi connectivity index (χ2n) is 7.91. The first-order valence-corrected chi connectivity index (χ1v) is 9.55. The van der Waals surface area contributed by atoms with E-state index in [2.05, 4.69) is 17.0 Å². The lowest BCUT2D eigenvalue weighted by molar-refractivity contribution is 0.0762. The van der Waals surface area contributed by atoms with Crippen LogP contribution in [0.25, 0.3) is 0 Å². The molecule has 2 aromatic heterocycles. The van der Waals surface area contributed by atoms with Gasteiger partial charge in [-0.1, -0.05) is 0 Å². The van der Waals surface area contributed by atoms with Crippen LogP contribution in [0.15, 0.2) is 28.9 Å². The van der Waals surface area contributed by atoms with E-state index in [1.54, 1.807) is 0 Å². The highest BCUT2D eigenvalue weighted by Gasteiger charge is 2.56. The summed E-state index contributed by atoms with van der Waals surface area (Å²) in [5, 5.41) is 4.24. The second kappa shape index (κ2) is 6.91. The number of likely N-dealkylation sites (tertiary alicyclic amines) is 1. The molecule has 0 radical (unpaired) electrons. The summed E-state index contributed by atoms with van der Waals surface area (Å²) in [4.78, 5) is 17.1. The third kappa shape index (κ3) is 3.43. The van der Waals surface area contributed by atoms with Crippen molar-refractivity contribution in [1.82, 2.24) is 19.6 Å². The highest BCUT2D eigenvalue weighted by atomic mass is 16.3. The zero-order valence-corrected chi connectivity index (χ0v) is 15.9. The minimum atomic E-state index is 0.137. The Labute approximate surface area is 154 Å². The van der Waals surface area contributed by atoms with Crippen molar-refractivity contribution in [3.63, 3.8) is 0 Å². The van der Waals surface area contributed by atoms with Crippen LogP contribution in [0.3, 0.4) is 0 Å². The topological polar surface area (TPSA) is 54.5 Å². The van der Waals surface area contributed by atoms with Gasteiger partial charge in [-0.05, 0) is 63.7 Å². The van der Waals surface area contributed by atoms with Crippen molar-refractivity contribution in [2.75, 3.05) is 33.2 Å². The predicted octanol–water partition coefficient (Wildman–Crippen LogP) is 2.43. The first kappa shape index (κ1) is 17.3. The summed E-state index contributed by atoms with van der Waals surface area (Å²) in [6.07, 6.45) is 4.96. The van der Waals surface area contributed by atoms with Crippen molar-refractivity contribution in [3.05, 3.63) is 41.6 Å². The zero-order valence-electron chi connectivity index (χ0n) is 15.9. The lowest BCUT2D eigenvalue weighted by Crippen LogP contribution is -2.33. The number of piperidine rings is 1. The minimum Gasteiger partial charge on any atom is -0.466 e. The molecule has 1 aliphatic heterocycles. The molecular formula is C20H28N4O2. The largest absolute Gasteiger partial charge is 0.466 e. The number of carbonyl (C=O) groups excluding carboxylic acids is 1. The monoisotopic (exact) mass is 356 g/mol. The summed E-state index contributed by atoms with van der Waals surface area (Å²) in [7, 11) is 2.21. The summed E-state index contributed by atoms with van der Waals surface area (Å²) < 4.78 is 7.50. The Bertz CT molecular complexity index is 755. The predicted molar refractivity (Wildman–Crippen MR) is 98.9 cm³/mol. The van der Waals surface area contributed by atoms with Crippen molar-refractivity contribution >= 4 is 5.91 Å². The van der Waals surface area contributed by atoms with E-state index in [1.165, 1.54) is 0 Å². The minimum absolute atomic E-state index is 0.137. The summed E-state index contributed by atoms with van der Waals surface area (Å²) in [6.45, 7) is 8.77. The van der Waals surface area contributed by atoms with Crippen molar-refractivity contribution in [3.8, 4) is 0 Å². The zero-order chi connectivity index (χ0) is 18.3. The maximum Gasteiger partial charge on any atom is 0.257 e. The van der Waals surface area contributed by atoms with Crippen molar-refractivity contribution < 1.29 is 9.21 Å². The summed E-state index contributed by atoms with van der Waals surface area (Å²) >= 11 is 0. The van der Waals surface area contributed by atoms with Gasteiger partial charge in [-0.2, -0.15) is 5.10 Å². The molecule has 140 valence electrons. The molecule has 0 bridgehead atoms. The normalized spacial score (nSPS) is 24.3. The molecule has 0 N–H and O–H groups in total. The summed E-state index contributed by atoms with van der Waals surface area (Å²) in [5.74, 6) is 3.80. The van der Waals surface area contributed by atoms with E-state index in [4.69, 9.17) is 4.42 Å². The van der Waals surface area contributed by atoms with Gasteiger partial charge in [0.05, 0.1) is 5.56 Å². The molecule has 0 spiro atoms. The third-order valence-corrected chi connectivity index (χ3v) is 5.94. The number of hydrogen-bond acceptors (Lipinski definition) is 4. The maximum absolute atomic E-state index is 12.7. The number of aromatic nitrogens is 2. The Kier molecular flexibility index (Phi) is 4.61. The average Bonchev–Trinajstić information content (AvgIpc) is 3.09. The standard InChI is InChI=1S/C20H28N4O2/c1-14-10-16(15(2)26-14)20(25)23-12-18-17(19(18)13-23)11-22(3)7-5-9-24-8-4-6-21-24/h4,6,8,10,17-19H,5,7,9,11-13H2,1-3H3/t17?,18-,19+. The molecule has 3 atom stereocenters. The summed E-state index contributed by atoms with van der Waals surface area (Å²) in [6, 6.07) is 3.83. The number of rotatable bonds is 7. The Balaban J connectivity index is 1.20. The molecule has 6 heteroatoms. The first-order chi connectivity index (χ1) is 12.5. The lowest BCUT2D eigenvalue weighted by atomic mass is 10.2. The molecule has 1 amide bonds. The SMILES string of the molecule is Cc1cc(C(=O)N2C[C@@H]3C(CN(C)CCCn4cccn4)[C@@H]3C2)c(C)o1. The van der Waals surface area contributed by atoms with Crippen LogP contribution in [0.4, 0.5) is 0 Å². The molecular weight excluding hydrogens is 328 g/mol. The first-order valence-electron chi connectivity index (χ1n) is 9.55. The van der Waals surface area contributed by atoms with Gasteiger partial charge in [0.25, 0.3) is 5.91 Å². The number of nitrogens with zero attached hydrogens (tertiary/aromatic N) is 4. The molecule has 3 heterocycles. The van der Waals surface area contributed by atoms with Gasteiger partial charge in [0, 0.05) is 38.6 Å². The fourth-order valence-electron chi connectivity index (χ4n) is 4.49. The highest BCUT2D eigenvalue weighted by Crippen LogP contribution is 2.52. The molecule has 1 saturated heterocycles. The second-order valence-corrected chi connectivity index (χ2v) is 7.91. The fraction of sp³-hybridized carbons (Fsp3) is 0.600. The van der Waals surface area contributed by atoms with Gasteiger partial charge < -0.3 is 14.2 Å². The molecule has 0 aromatic carbocycles. The molecule has 6 nitrogen and oxygen atoms in total. The highest BCUT2D eigenvalue weighted by molar-refractivity contribution is 5.95. The van der Waals surface area contributed by atoms with Gasteiger partial charge in [0.15, 0.2) is 0 Å². The van der Waals surface area contributed by atoms with Crippen molar-refractivity contribution in [2.45, 2.75) is 26.8 Å². The van der Waals surface area contributed by atoms with E-state index in [-0.39, 0.29) is 5.91 Å². The Hall–Kier alpha value is -2.08.